The predicted molar refractivity (Wildman–Crippen MR) is 90.8 cm³/mol. The Morgan fingerprint density at radius 2 is 2.08 bits per heavy atom. The lowest BCUT2D eigenvalue weighted by Gasteiger charge is -2.31. The van der Waals surface area contributed by atoms with Crippen LogP contribution in [0.15, 0.2) is 41.1 Å². The molecule has 3 aromatic heterocycles. The molecule has 7 heteroatoms. The molecule has 1 fully saturated rings. The molecule has 0 atom stereocenters. The SMILES string of the molecule is N#Cc1ccc(N2CCC(c3nnc(-c4ccco4)s3)CC2)nc1. The molecule has 4 rings (SSSR count). The van der Waals surface area contributed by atoms with Gasteiger partial charge < -0.3 is 9.32 Å². The van der Waals surface area contributed by atoms with E-state index < -0.39 is 0 Å². The van der Waals surface area contributed by atoms with Crippen molar-refractivity contribution in [2.75, 3.05) is 18.0 Å². The van der Waals surface area contributed by atoms with Crippen molar-refractivity contribution >= 4 is 17.2 Å². The van der Waals surface area contributed by atoms with Crippen molar-refractivity contribution in [2.45, 2.75) is 18.8 Å². The number of piperidine rings is 1. The van der Waals surface area contributed by atoms with Crippen LogP contribution < -0.4 is 4.90 Å². The number of hydrogen-bond donors (Lipinski definition) is 0. The lowest BCUT2D eigenvalue weighted by atomic mass is 9.97. The predicted octanol–water partition coefficient (Wildman–Crippen LogP) is 3.45. The highest BCUT2D eigenvalue weighted by atomic mass is 32.1. The fraction of sp³-hybridized carbons (Fsp3) is 0.294. The molecule has 1 saturated heterocycles. The molecule has 4 heterocycles. The van der Waals surface area contributed by atoms with Gasteiger partial charge in [0, 0.05) is 25.2 Å². The van der Waals surface area contributed by atoms with Gasteiger partial charge in [0.1, 0.15) is 16.9 Å². The standard InChI is InChI=1S/C17H15N5OS/c18-10-12-3-4-15(19-11-12)22-7-5-13(6-8-22)16-20-21-17(24-16)14-2-1-9-23-14/h1-4,9,11,13H,5-8H2. The molecule has 0 bridgehead atoms. The van der Waals surface area contributed by atoms with Gasteiger partial charge in [-0.25, -0.2) is 4.98 Å². The Kier molecular flexibility index (Phi) is 3.97. The first-order valence-corrected chi connectivity index (χ1v) is 8.63. The van der Waals surface area contributed by atoms with Crippen LogP contribution in [0.25, 0.3) is 10.8 Å². The fourth-order valence-corrected chi connectivity index (χ4v) is 3.87. The maximum Gasteiger partial charge on any atom is 0.183 e. The highest BCUT2D eigenvalue weighted by Crippen LogP contribution is 2.34. The maximum absolute atomic E-state index is 8.85. The quantitative estimate of drug-likeness (QED) is 0.728. The van der Waals surface area contributed by atoms with Crippen LogP contribution in [-0.4, -0.2) is 28.3 Å². The fourth-order valence-electron chi connectivity index (χ4n) is 2.89. The van der Waals surface area contributed by atoms with E-state index in [2.05, 4.69) is 26.2 Å². The monoisotopic (exact) mass is 337 g/mol. The average Bonchev–Trinajstić information content (AvgIpc) is 3.33. The minimum Gasteiger partial charge on any atom is -0.462 e. The topological polar surface area (TPSA) is 78.8 Å². The zero-order chi connectivity index (χ0) is 16.4. The van der Waals surface area contributed by atoms with Crippen LogP contribution in [-0.2, 0) is 0 Å². The average molecular weight is 337 g/mol. The molecule has 1 aliphatic rings. The van der Waals surface area contributed by atoms with Gasteiger partial charge in [-0.2, -0.15) is 5.26 Å². The Morgan fingerprint density at radius 1 is 1.21 bits per heavy atom. The molecular formula is C17H15N5OS. The normalized spacial score (nSPS) is 15.4. The Morgan fingerprint density at radius 3 is 2.75 bits per heavy atom. The highest BCUT2D eigenvalue weighted by Gasteiger charge is 2.25. The van der Waals surface area contributed by atoms with E-state index in [9.17, 15) is 0 Å². The van der Waals surface area contributed by atoms with E-state index in [1.165, 1.54) is 0 Å². The molecule has 1 aliphatic heterocycles. The molecular weight excluding hydrogens is 322 g/mol. The summed E-state index contributed by atoms with van der Waals surface area (Å²) in [7, 11) is 0. The Balaban J connectivity index is 1.41. The zero-order valence-corrected chi connectivity index (χ0v) is 13.7. The molecule has 3 aromatic rings. The van der Waals surface area contributed by atoms with E-state index in [0.717, 1.165) is 47.5 Å². The molecule has 24 heavy (non-hydrogen) atoms. The Labute approximate surface area is 143 Å². The van der Waals surface area contributed by atoms with E-state index in [-0.39, 0.29) is 0 Å². The summed E-state index contributed by atoms with van der Waals surface area (Å²) in [5.41, 5.74) is 0.591. The van der Waals surface area contributed by atoms with Crippen molar-refractivity contribution < 1.29 is 4.42 Å². The third kappa shape index (κ3) is 2.88. The lowest BCUT2D eigenvalue weighted by molar-refractivity contribution is 0.498. The van der Waals surface area contributed by atoms with E-state index in [1.54, 1.807) is 23.8 Å². The van der Waals surface area contributed by atoms with Crippen LogP contribution in [0.2, 0.25) is 0 Å². The van der Waals surface area contributed by atoms with Gasteiger partial charge in [-0.05, 0) is 37.1 Å². The van der Waals surface area contributed by atoms with Crippen LogP contribution in [0.3, 0.4) is 0 Å². The largest absolute Gasteiger partial charge is 0.462 e. The first kappa shape index (κ1) is 14.8. The van der Waals surface area contributed by atoms with Crippen LogP contribution in [0.1, 0.15) is 29.3 Å². The summed E-state index contributed by atoms with van der Waals surface area (Å²) in [6.07, 6.45) is 5.32. The Bertz CT molecular complexity index is 842. The number of anilines is 1. The summed E-state index contributed by atoms with van der Waals surface area (Å²) >= 11 is 1.61. The minimum absolute atomic E-state index is 0.431. The highest BCUT2D eigenvalue weighted by molar-refractivity contribution is 7.14. The summed E-state index contributed by atoms with van der Waals surface area (Å²) in [5.74, 6) is 2.14. The maximum atomic E-state index is 8.85. The van der Waals surface area contributed by atoms with Gasteiger partial charge in [0.15, 0.2) is 10.8 Å². The Hall–Kier alpha value is -2.72. The van der Waals surface area contributed by atoms with Gasteiger partial charge in [-0.3, -0.25) is 0 Å². The van der Waals surface area contributed by atoms with Gasteiger partial charge in [-0.1, -0.05) is 11.3 Å². The third-order valence-corrected chi connectivity index (χ3v) is 5.32. The van der Waals surface area contributed by atoms with Crippen molar-refractivity contribution in [3.8, 4) is 16.8 Å². The van der Waals surface area contributed by atoms with Crippen molar-refractivity contribution in [1.82, 2.24) is 15.2 Å². The lowest BCUT2D eigenvalue weighted by Crippen LogP contribution is -2.33. The molecule has 0 N–H and O–H groups in total. The van der Waals surface area contributed by atoms with Gasteiger partial charge in [-0.15, -0.1) is 10.2 Å². The van der Waals surface area contributed by atoms with Crippen molar-refractivity contribution in [2.24, 2.45) is 0 Å². The van der Waals surface area contributed by atoms with Crippen LogP contribution in [0, 0.1) is 11.3 Å². The number of furan rings is 1. The van der Waals surface area contributed by atoms with Crippen LogP contribution in [0.5, 0.6) is 0 Å². The first-order chi connectivity index (χ1) is 11.8. The summed E-state index contributed by atoms with van der Waals surface area (Å²) in [4.78, 5) is 6.63. The molecule has 0 radical (unpaired) electrons. The van der Waals surface area contributed by atoms with Gasteiger partial charge in [0.2, 0.25) is 0 Å². The smallest absolute Gasteiger partial charge is 0.183 e. The van der Waals surface area contributed by atoms with Crippen LogP contribution in [0.4, 0.5) is 5.82 Å². The molecule has 0 spiro atoms. The van der Waals surface area contributed by atoms with Crippen molar-refractivity contribution in [3.05, 3.63) is 47.3 Å². The molecule has 120 valence electrons. The summed E-state index contributed by atoms with van der Waals surface area (Å²) in [6, 6.07) is 9.59. The molecule has 0 aliphatic carbocycles. The minimum atomic E-state index is 0.431. The molecule has 0 unspecified atom stereocenters. The second-order valence-corrected chi connectivity index (χ2v) is 6.71. The number of hydrogen-bond acceptors (Lipinski definition) is 7. The number of nitriles is 1. The van der Waals surface area contributed by atoms with E-state index >= 15 is 0 Å². The summed E-state index contributed by atoms with van der Waals surface area (Å²) in [5, 5.41) is 19.4. The number of nitrogens with zero attached hydrogens (tertiary/aromatic N) is 5. The number of pyridine rings is 1. The molecule has 0 amide bonds. The van der Waals surface area contributed by atoms with Crippen molar-refractivity contribution in [3.63, 3.8) is 0 Å². The van der Waals surface area contributed by atoms with E-state index in [0.29, 0.717) is 11.5 Å². The first-order valence-electron chi connectivity index (χ1n) is 7.82. The van der Waals surface area contributed by atoms with E-state index in [4.69, 9.17) is 9.68 Å². The van der Waals surface area contributed by atoms with E-state index in [1.807, 2.05) is 24.3 Å². The third-order valence-electron chi connectivity index (χ3n) is 4.22. The van der Waals surface area contributed by atoms with Gasteiger partial charge >= 0.3 is 0 Å². The second kappa shape index (κ2) is 6.42. The number of aromatic nitrogens is 3. The van der Waals surface area contributed by atoms with Gasteiger partial charge in [0.25, 0.3) is 0 Å². The molecule has 6 nitrogen and oxygen atoms in total. The molecule has 0 aromatic carbocycles. The zero-order valence-electron chi connectivity index (χ0n) is 12.9. The molecule has 0 saturated carbocycles. The van der Waals surface area contributed by atoms with Crippen LogP contribution >= 0.6 is 11.3 Å². The summed E-state index contributed by atoms with van der Waals surface area (Å²) < 4.78 is 5.38. The second-order valence-electron chi connectivity index (χ2n) is 5.70. The number of rotatable bonds is 3. The van der Waals surface area contributed by atoms with Gasteiger partial charge in [0.05, 0.1) is 11.8 Å². The van der Waals surface area contributed by atoms with Crippen molar-refractivity contribution in [1.29, 1.82) is 5.26 Å². The summed E-state index contributed by atoms with van der Waals surface area (Å²) in [6.45, 7) is 1.86.